The first-order valence-electron chi connectivity index (χ1n) is 4.15. The van der Waals surface area contributed by atoms with Crippen LogP contribution < -0.4 is 0 Å². The smallest absolute Gasteiger partial charge is 0.304 e. The third-order valence-corrected chi connectivity index (χ3v) is 2.53. The Hall–Kier alpha value is -0.750. The van der Waals surface area contributed by atoms with E-state index < -0.39 is 6.29 Å². The third-order valence-electron chi connectivity index (χ3n) is 1.44. The van der Waals surface area contributed by atoms with Gasteiger partial charge in [0.1, 0.15) is 12.0 Å². The van der Waals surface area contributed by atoms with Gasteiger partial charge in [-0.05, 0) is 0 Å². The van der Waals surface area contributed by atoms with Crippen molar-refractivity contribution in [2.24, 2.45) is 0 Å². The third kappa shape index (κ3) is 3.97. The van der Waals surface area contributed by atoms with Gasteiger partial charge in [0.05, 0.1) is 5.75 Å². The Labute approximate surface area is 86.1 Å². The summed E-state index contributed by atoms with van der Waals surface area (Å²) >= 11 is 1.46. The van der Waals surface area contributed by atoms with Crippen molar-refractivity contribution in [1.82, 2.24) is 0 Å². The quantitative estimate of drug-likeness (QED) is 0.646. The Morgan fingerprint density at radius 1 is 1.43 bits per heavy atom. The van der Waals surface area contributed by atoms with Crippen LogP contribution in [0.5, 0.6) is 0 Å². The molecule has 1 aliphatic rings. The van der Waals surface area contributed by atoms with E-state index in [0.717, 1.165) is 0 Å². The number of hydrogen-bond acceptors (Lipinski definition) is 6. The van der Waals surface area contributed by atoms with E-state index in [2.05, 4.69) is 0 Å². The predicted molar refractivity (Wildman–Crippen MR) is 49.5 cm³/mol. The van der Waals surface area contributed by atoms with Gasteiger partial charge in [-0.3, -0.25) is 9.59 Å². The Morgan fingerprint density at radius 2 is 2.14 bits per heavy atom. The van der Waals surface area contributed by atoms with E-state index in [9.17, 15) is 9.59 Å². The van der Waals surface area contributed by atoms with Crippen LogP contribution in [0.25, 0.3) is 0 Å². The van der Waals surface area contributed by atoms with Crippen molar-refractivity contribution in [3.8, 4) is 0 Å². The summed E-state index contributed by atoms with van der Waals surface area (Å²) in [7, 11) is 0. The molecule has 0 bridgehead atoms. The van der Waals surface area contributed by atoms with Crippen molar-refractivity contribution in [1.29, 1.82) is 0 Å². The maximum absolute atomic E-state index is 10.6. The highest BCUT2D eigenvalue weighted by Gasteiger charge is 2.28. The van der Waals surface area contributed by atoms with Crippen LogP contribution in [0.2, 0.25) is 0 Å². The zero-order valence-electron chi connectivity index (χ0n) is 8.02. The second-order valence-electron chi connectivity index (χ2n) is 2.74. The lowest BCUT2D eigenvalue weighted by Gasteiger charge is -2.11. The summed E-state index contributed by atoms with van der Waals surface area (Å²) in [6, 6.07) is 0. The summed E-state index contributed by atoms with van der Waals surface area (Å²) in [6.45, 7) is 2.86. The molecule has 0 N–H and O–H groups in total. The van der Waals surface area contributed by atoms with E-state index in [1.807, 2.05) is 0 Å². The molecule has 80 valence electrons. The SMILES string of the molecule is CC(=O)OC[C@H]1O[C@H](OC(C)=O)CS1. The number of carbonyl (C=O) groups excluding carboxylic acids is 2. The lowest BCUT2D eigenvalue weighted by atomic mass is 10.7. The van der Waals surface area contributed by atoms with Gasteiger partial charge in [-0.25, -0.2) is 0 Å². The lowest BCUT2D eigenvalue weighted by molar-refractivity contribution is -0.174. The number of hydrogen-bond donors (Lipinski definition) is 0. The highest BCUT2D eigenvalue weighted by molar-refractivity contribution is 8.00. The molecule has 0 aromatic heterocycles. The number of esters is 2. The predicted octanol–water partition coefficient (Wildman–Crippen LogP) is 0.528. The van der Waals surface area contributed by atoms with Gasteiger partial charge in [0.2, 0.25) is 6.29 Å². The molecule has 0 aromatic carbocycles. The van der Waals surface area contributed by atoms with E-state index in [-0.39, 0.29) is 24.0 Å². The minimum absolute atomic E-state index is 0.192. The van der Waals surface area contributed by atoms with Crippen molar-refractivity contribution in [3.63, 3.8) is 0 Å². The topological polar surface area (TPSA) is 61.8 Å². The summed E-state index contributed by atoms with van der Waals surface area (Å²) in [5, 5.41) is 0. The monoisotopic (exact) mass is 220 g/mol. The molecule has 6 heteroatoms. The zero-order chi connectivity index (χ0) is 10.6. The molecule has 0 aliphatic carbocycles. The second-order valence-corrected chi connectivity index (χ2v) is 3.93. The molecule has 2 atom stereocenters. The van der Waals surface area contributed by atoms with Gasteiger partial charge in [0.15, 0.2) is 0 Å². The molecule has 1 fully saturated rings. The molecule has 5 nitrogen and oxygen atoms in total. The van der Waals surface area contributed by atoms with E-state index >= 15 is 0 Å². The number of thioether (sulfide) groups is 1. The first-order chi connectivity index (χ1) is 6.58. The van der Waals surface area contributed by atoms with Crippen LogP contribution in [0.15, 0.2) is 0 Å². The average Bonchev–Trinajstić information content (AvgIpc) is 2.47. The molecule has 1 rings (SSSR count). The molecule has 0 spiro atoms. The summed E-state index contributed by atoms with van der Waals surface area (Å²) in [5.41, 5.74) is -0.233. The van der Waals surface area contributed by atoms with Crippen LogP contribution in [0.1, 0.15) is 13.8 Å². The first kappa shape index (κ1) is 11.3. The Bertz CT molecular complexity index is 230. The Morgan fingerprint density at radius 3 is 2.71 bits per heavy atom. The minimum Gasteiger partial charge on any atom is -0.462 e. The molecular weight excluding hydrogens is 208 g/mol. The van der Waals surface area contributed by atoms with Crippen LogP contribution in [-0.2, 0) is 23.8 Å². The normalized spacial score (nSPS) is 25.9. The summed E-state index contributed by atoms with van der Waals surface area (Å²) in [5.74, 6) is -0.139. The molecule has 1 aliphatic heterocycles. The van der Waals surface area contributed by atoms with Gasteiger partial charge in [0.25, 0.3) is 0 Å². The molecule has 1 saturated heterocycles. The molecule has 14 heavy (non-hydrogen) atoms. The van der Waals surface area contributed by atoms with Crippen molar-refractivity contribution in [2.45, 2.75) is 25.6 Å². The molecular formula is C8H12O5S. The van der Waals surface area contributed by atoms with E-state index in [4.69, 9.17) is 14.2 Å². The van der Waals surface area contributed by atoms with Crippen LogP contribution in [0.3, 0.4) is 0 Å². The second kappa shape index (κ2) is 5.21. The molecule has 0 aromatic rings. The van der Waals surface area contributed by atoms with Crippen LogP contribution in [0, 0.1) is 0 Å². The van der Waals surface area contributed by atoms with Crippen LogP contribution in [0.4, 0.5) is 0 Å². The van der Waals surface area contributed by atoms with E-state index in [1.165, 1.54) is 25.6 Å². The maximum atomic E-state index is 10.6. The Balaban J connectivity index is 2.20. The van der Waals surface area contributed by atoms with Crippen molar-refractivity contribution in [2.75, 3.05) is 12.4 Å². The molecule has 0 amide bonds. The minimum atomic E-state index is -0.516. The van der Waals surface area contributed by atoms with Crippen molar-refractivity contribution in [3.05, 3.63) is 0 Å². The van der Waals surface area contributed by atoms with Gasteiger partial charge in [-0.15, -0.1) is 11.8 Å². The molecule has 0 unspecified atom stereocenters. The number of rotatable bonds is 3. The van der Waals surface area contributed by atoms with Crippen LogP contribution in [-0.4, -0.2) is 36.0 Å². The van der Waals surface area contributed by atoms with Gasteiger partial charge in [0, 0.05) is 13.8 Å². The fourth-order valence-corrected chi connectivity index (χ4v) is 1.84. The molecule has 1 heterocycles. The summed E-state index contributed by atoms with van der Waals surface area (Å²) in [6.07, 6.45) is -0.516. The zero-order valence-corrected chi connectivity index (χ0v) is 8.83. The standard InChI is InChI=1S/C8H12O5S/c1-5(9)11-3-8-13-7(4-14-8)12-6(2)10/h7-8H,3-4H2,1-2H3/t7-,8-/m0/s1. The largest absolute Gasteiger partial charge is 0.462 e. The van der Waals surface area contributed by atoms with E-state index in [1.54, 1.807) is 0 Å². The maximum Gasteiger partial charge on any atom is 0.304 e. The highest BCUT2D eigenvalue weighted by atomic mass is 32.2. The molecule has 0 saturated carbocycles. The average molecular weight is 220 g/mol. The fourth-order valence-electron chi connectivity index (χ4n) is 0.953. The summed E-state index contributed by atoms with van der Waals surface area (Å²) in [4.78, 5) is 21.1. The number of ether oxygens (including phenoxy) is 3. The van der Waals surface area contributed by atoms with Gasteiger partial charge in [-0.1, -0.05) is 0 Å². The van der Waals surface area contributed by atoms with Gasteiger partial charge >= 0.3 is 11.9 Å². The van der Waals surface area contributed by atoms with Gasteiger partial charge in [-0.2, -0.15) is 0 Å². The summed E-state index contributed by atoms with van der Waals surface area (Å²) < 4.78 is 14.8. The lowest BCUT2D eigenvalue weighted by Crippen LogP contribution is -2.21. The highest BCUT2D eigenvalue weighted by Crippen LogP contribution is 2.25. The number of carbonyl (C=O) groups is 2. The molecule has 0 radical (unpaired) electrons. The van der Waals surface area contributed by atoms with E-state index in [0.29, 0.717) is 5.75 Å². The first-order valence-corrected chi connectivity index (χ1v) is 5.20. The van der Waals surface area contributed by atoms with Crippen molar-refractivity contribution < 1.29 is 23.8 Å². The fraction of sp³-hybridized carbons (Fsp3) is 0.750. The van der Waals surface area contributed by atoms with Crippen molar-refractivity contribution >= 4 is 23.7 Å². The Kier molecular flexibility index (Phi) is 4.21. The van der Waals surface area contributed by atoms with Gasteiger partial charge < -0.3 is 14.2 Å². The van der Waals surface area contributed by atoms with Crippen LogP contribution >= 0.6 is 11.8 Å².